The number of hydrogen-bond donors (Lipinski definition) is 1. The molecule has 1 fully saturated rings. The summed E-state index contributed by atoms with van der Waals surface area (Å²) in [5.74, 6) is 0.0897. The predicted octanol–water partition coefficient (Wildman–Crippen LogP) is 0.542. The number of ketones is 1. The van der Waals surface area contributed by atoms with E-state index < -0.39 is 18.4 Å². The number of ether oxygens (including phenoxy) is 4. The Labute approximate surface area is 147 Å². The van der Waals surface area contributed by atoms with Gasteiger partial charge in [-0.3, -0.25) is 9.59 Å². The van der Waals surface area contributed by atoms with Crippen LogP contribution in [-0.2, 0) is 28.5 Å². The number of carbonyl (C=O) groups is 2. The van der Waals surface area contributed by atoms with Crippen LogP contribution in [0, 0.1) is 0 Å². The smallest absolute Gasteiger partial charge is 0.250 e. The van der Waals surface area contributed by atoms with E-state index in [1.807, 2.05) is 13.8 Å². The molecule has 1 N–H and O–H groups in total. The Bertz CT molecular complexity index is 547. The Kier molecular flexibility index (Phi) is 6.71. The lowest BCUT2D eigenvalue weighted by molar-refractivity contribution is -0.126. The maximum absolute atomic E-state index is 11.4. The van der Waals surface area contributed by atoms with E-state index in [0.717, 1.165) is 0 Å². The molecule has 2 aliphatic heterocycles. The number of amides is 1. The van der Waals surface area contributed by atoms with E-state index in [2.05, 4.69) is 11.9 Å². The molecule has 0 aromatic heterocycles. The largest absolute Gasteiger partial charge is 0.374 e. The highest BCUT2D eigenvalue weighted by Crippen LogP contribution is 2.31. The van der Waals surface area contributed by atoms with Gasteiger partial charge in [-0.25, -0.2) is 0 Å². The number of carbonyl (C=O) groups excluding carboxylic acids is 2. The lowest BCUT2D eigenvalue weighted by Crippen LogP contribution is -2.48. The van der Waals surface area contributed by atoms with E-state index >= 15 is 0 Å². The zero-order valence-electron chi connectivity index (χ0n) is 15.1. The second-order valence-electron chi connectivity index (χ2n) is 6.29. The third-order valence-electron chi connectivity index (χ3n) is 3.81. The molecule has 0 bridgehead atoms. The first kappa shape index (κ1) is 19.6. The molecule has 1 saturated heterocycles. The van der Waals surface area contributed by atoms with Crippen molar-refractivity contribution in [2.75, 3.05) is 20.3 Å². The van der Waals surface area contributed by atoms with E-state index in [1.54, 1.807) is 18.2 Å². The highest BCUT2D eigenvalue weighted by atomic mass is 16.6. The molecule has 1 amide bonds. The number of rotatable bonds is 8. The third-order valence-corrected chi connectivity index (χ3v) is 3.81. The molecule has 2 aliphatic rings. The van der Waals surface area contributed by atoms with Crippen LogP contribution in [0.3, 0.4) is 0 Å². The maximum Gasteiger partial charge on any atom is 0.250 e. The third kappa shape index (κ3) is 4.88. The molecule has 0 unspecified atom stereocenters. The number of nitrogens with one attached hydrogen (secondary N) is 1. The summed E-state index contributed by atoms with van der Waals surface area (Å²) in [6.45, 7) is 9.37. The maximum atomic E-state index is 11.4. The molecular weight excluding hydrogens is 328 g/mol. The van der Waals surface area contributed by atoms with Crippen molar-refractivity contribution >= 4 is 11.7 Å². The molecule has 25 heavy (non-hydrogen) atoms. The number of methoxy groups -OCH3 is 1. The van der Waals surface area contributed by atoms with Gasteiger partial charge in [0.05, 0.1) is 12.7 Å². The standard InChI is InChI=1S/C17H26N2O6/c1-10(2)24-15-13(9-23-8-11(3)20)25-17(16(15)22-5)19-7-6-14(21)18-12(19)4/h6-7,10,13,15-17H,4,8-9H2,1-3,5H3,(H,18,21)/t13-,15-,16-,17-/m1/s1. The normalized spacial score (nSPS) is 29.4. The summed E-state index contributed by atoms with van der Waals surface area (Å²) >= 11 is 0. The van der Waals surface area contributed by atoms with Gasteiger partial charge in [-0.2, -0.15) is 0 Å². The SMILES string of the molecule is C=C1NC(=O)C=CN1[C@@H]1O[C@H](COCC(C)=O)[C@@H](OC(C)C)[C@H]1OC. The monoisotopic (exact) mass is 354 g/mol. The average molecular weight is 354 g/mol. The first-order valence-electron chi connectivity index (χ1n) is 8.20. The fourth-order valence-electron chi connectivity index (χ4n) is 2.84. The van der Waals surface area contributed by atoms with Crippen LogP contribution >= 0.6 is 0 Å². The van der Waals surface area contributed by atoms with Gasteiger partial charge in [0.25, 0.3) is 5.91 Å². The van der Waals surface area contributed by atoms with Crippen molar-refractivity contribution in [2.45, 2.75) is 51.4 Å². The summed E-state index contributed by atoms with van der Waals surface area (Å²) in [5.41, 5.74) is 0. The quantitative estimate of drug-likeness (QED) is 0.681. The van der Waals surface area contributed by atoms with Crippen molar-refractivity contribution in [3.63, 3.8) is 0 Å². The summed E-state index contributed by atoms with van der Waals surface area (Å²) in [4.78, 5) is 24.2. The minimum Gasteiger partial charge on any atom is -0.374 e. The Morgan fingerprint density at radius 1 is 1.44 bits per heavy atom. The Morgan fingerprint density at radius 3 is 2.72 bits per heavy atom. The lowest BCUT2D eigenvalue weighted by atomic mass is 10.1. The molecule has 0 spiro atoms. The topological polar surface area (TPSA) is 86.3 Å². The molecular formula is C17H26N2O6. The minimum atomic E-state index is -0.538. The van der Waals surface area contributed by atoms with Crippen LogP contribution in [-0.4, -0.2) is 67.6 Å². The van der Waals surface area contributed by atoms with Gasteiger partial charge < -0.3 is 29.2 Å². The van der Waals surface area contributed by atoms with Crippen molar-refractivity contribution < 1.29 is 28.5 Å². The predicted molar refractivity (Wildman–Crippen MR) is 89.2 cm³/mol. The molecule has 0 aromatic carbocycles. The zero-order valence-corrected chi connectivity index (χ0v) is 15.1. The van der Waals surface area contributed by atoms with Gasteiger partial charge in [0.15, 0.2) is 12.0 Å². The molecule has 2 rings (SSSR count). The van der Waals surface area contributed by atoms with Crippen LogP contribution in [0.2, 0.25) is 0 Å². The summed E-state index contributed by atoms with van der Waals surface area (Å²) in [7, 11) is 1.57. The molecule has 0 aliphatic carbocycles. The van der Waals surface area contributed by atoms with Crippen molar-refractivity contribution in [3.8, 4) is 0 Å². The molecule has 8 heteroatoms. The van der Waals surface area contributed by atoms with Crippen LogP contribution < -0.4 is 5.32 Å². The van der Waals surface area contributed by atoms with Gasteiger partial charge in [-0.1, -0.05) is 6.58 Å². The van der Waals surface area contributed by atoms with Crippen molar-refractivity contribution in [2.24, 2.45) is 0 Å². The van der Waals surface area contributed by atoms with Crippen LogP contribution in [0.25, 0.3) is 0 Å². The molecule has 140 valence electrons. The van der Waals surface area contributed by atoms with Crippen LogP contribution in [0.15, 0.2) is 24.7 Å². The fourth-order valence-corrected chi connectivity index (χ4v) is 2.84. The summed E-state index contributed by atoms with van der Waals surface area (Å²) in [5, 5.41) is 2.63. The Morgan fingerprint density at radius 2 is 2.16 bits per heavy atom. The van der Waals surface area contributed by atoms with E-state index in [0.29, 0.717) is 5.82 Å². The molecule has 4 atom stereocenters. The zero-order chi connectivity index (χ0) is 18.6. The van der Waals surface area contributed by atoms with Crippen LogP contribution in [0.4, 0.5) is 0 Å². The molecule has 8 nitrogen and oxygen atoms in total. The van der Waals surface area contributed by atoms with Gasteiger partial charge in [0.2, 0.25) is 0 Å². The van der Waals surface area contributed by atoms with Gasteiger partial charge in [-0.15, -0.1) is 0 Å². The fraction of sp³-hybridized carbons (Fsp3) is 0.647. The summed E-state index contributed by atoms with van der Waals surface area (Å²) in [6.07, 6.45) is 1.18. The molecule has 0 aromatic rings. The molecule has 0 saturated carbocycles. The second-order valence-corrected chi connectivity index (χ2v) is 6.29. The van der Waals surface area contributed by atoms with E-state index in [4.69, 9.17) is 18.9 Å². The van der Waals surface area contributed by atoms with Gasteiger partial charge in [0.1, 0.15) is 30.7 Å². The molecule has 0 radical (unpaired) electrons. The summed E-state index contributed by atoms with van der Waals surface area (Å²) < 4.78 is 23.1. The van der Waals surface area contributed by atoms with E-state index in [1.165, 1.54) is 13.0 Å². The van der Waals surface area contributed by atoms with Crippen molar-refractivity contribution in [1.29, 1.82) is 0 Å². The molecule has 2 heterocycles. The van der Waals surface area contributed by atoms with Crippen LogP contribution in [0.1, 0.15) is 20.8 Å². The first-order chi connectivity index (χ1) is 11.8. The highest BCUT2D eigenvalue weighted by molar-refractivity contribution is 5.89. The number of nitrogens with zero attached hydrogens (tertiary/aromatic N) is 1. The minimum absolute atomic E-state index is 0.0168. The second kappa shape index (κ2) is 8.57. The van der Waals surface area contributed by atoms with Gasteiger partial charge in [-0.05, 0) is 20.8 Å². The van der Waals surface area contributed by atoms with E-state index in [9.17, 15) is 9.59 Å². The number of Topliss-reactive ketones (excluding diaryl/α,β-unsaturated/α-hetero) is 1. The highest BCUT2D eigenvalue weighted by Gasteiger charge is 2.49. The first-order valence-corrected chi connectivity index (χ1v) is 8.20. The van der Waals surface area contributed by atoms with Gasteiger partial charge in [0, 0.05) is 19.4 Å². The Hall–Kier alpha value is -1.74. The van der Waals surface area contributed by atoms with Crippen LogP contribution in [0.5, 0.6) is 0 Å². The average Bonchev–Trinajstić information content (AvgIpc) is 2.84. The van der Waals surface area contributed by atoms with E-state index in [-0.39, 0.29) is 37.1 Å². The lowest BCUT2D eigenvalue weighted by Gasteiger charge is -2.34. The van der Waals surface area contributed by atoms with Crippen molar-refractivity contribution in [1.82, 2.24) is 10.2 Å². The Balaban J connectivity index is 2.16. The summed E-state index contributed by atoms with van der Waals surface area (Å²) in [6, 6.07) is 0. The van der Waals surface area contributed by atoms with Gasteiger partial charge >= 0.3 is 0 Å². The van der Waals surface area contributed by atoms with Crippen molar-refractivity contribution in [3.05, 3.63) is 24.7 Å². The number of hydrogen-bond acceptors (Lipinski definition) is 7.